The smallest absolute Gasteiger partial charge is 0.225 e. The molecule has 0 saturated carbocycles. The fraction of sp³-hybridized carbons (Fsp3) is 0.188. The molecule has 0 bridgehead atoms. The van der Waals surface area contributed by atoms with Crippen LogP contribution in [-0.2, 0) is 14.6 Å². The van der Waals surface area contributed by atoms with Crippen molar-refractivity contribution in [3.8, 4) is 0 Å². The van der Waals surface area contributed by atoms with Crippen LogP contribution in [0.5, 0.6) is 0 Å². The summed E-state index contributed by atoms with van der Waals surface area (Å²) in [5.74, 6) is -1.38. The first kappa shape index (κ1) is 17.4. The minimum Gasteiger partial charge on any atom is -0.326 e. The molecule has 2 rings (SSSR count). The van der Waals surface area contributed by atoms with Crippen molar-refractivity contribution in [1.82, 2.24) is 0 Å². The highest BCUT2D eigenvalue weighted by Gasteiger charge is 2.16. The monoisotopic (exact) mass is 355 g/mol. The summed E-state index contributed by atoms with van der Waals surface area (Å²) in [5.41, 5.74) is 1.27. The van der Waals surface area contributed by atoms with E-state index in [9.17, 15) is 17.6 Å². The van der Waals surface area contributed by atoms with Crippen LogP contribution in [-0.4, -0.2) is 20.1 Å². The van der Waals surface area contributed by atoms with Crippen molar-refractivity contribution >= 4 is 33.0 Å². The summed E-state index contributed by atoms with van der Waals surface area (Å²) in [6.45, 7) is 1.86. The van der Waals surface area contributed by atoms with Crippen LogP contribution in [0.2, 0.25) is 5.02 Å². The van der Waals surface area contributed by atoms with Crippen LogP contribution in [0.4, 0.5) is 10.1 Å². The van der Waals surface area contributed by atoms with Gasteiger partial charge in [0.05, 0.1) is 15.7 Å². The van der Waals surface area contributed by atoms with E-state index in [4.69, 9.17) is 11.6 Å². The number of rotatable bonds is 5. The Morgan fingerprint density at radius 1 is 1.17 bits per heavy atom. The van der Waals surface area contributed by atoms with Crippen molar-refractivity contribution in [3.63, 3.8) is 0 Å². The Labute approximate surface area is 139 Å². The number of hydrogen-bond donors (Lipinski definition) is 1. The molecular weight excluding hydrogens is 341 g/mol. The van der Waals surface area contributed by atoms with E-state index in [2.05, 4.69) is 5.32 Å². The molecule has 0 aliphatic carbocycles. The molecule has 2 aromatic carbocycles. The number of halogens is 2. The van der Waals surface area contributed by atoms with Gasteiger partial charge >= 0.3 is 0 Å². The van der Waals surface area contributed by atoms with Crippen LogP contribution in [0.15, 0.2) is 47.4 Å². The van der Waals surface area contributed by atoms with E-state index >= 15 is 0 Å². The number of benzene rings is 2. The summed E-state index contributed by atoms with van der Waals surface area (Å²) in [6, 6.07) is 10.2. The summed E-state index contributed by atoms with van der Waals surface area (Å²) in [6.07, 6.45) is -0.203. The average Bonchev–Trinajstić information content (AvgIpc) is 2.50. The lowest BCUT2D eigenvalue weighted by atomic mass is 10.2. The second-order valence-electron chi connectivity index (χ2n) is 5.06. The lowest BCUT2D eigenvalue weighted by Crippen LogP contribution is -2.17. The predicted octanol–water partition coefficient (Wildman–Crippen LogP) is 3.59. The van der Waals surface area contributed by atoms with Crippen molar-refractivity contribution in [2.45, 2.75) is 18.2 Å². The predicted molar refractivity (Wildman–Crippen MR) is 87.9 cm³/mol. The quantitative estimate of drug-likeness (QED) is 0.891. The lowest BCUT2D eigenvalue weighted by Gasteiger charge is -2.07. The second kappa shape index (κ2) is 7.10. The molecule has 0 heterocycles. The second-order valence-corrected chi connectivity index (χ2v) is 7.58. The first-order valence-corrected chi connectivity index (χ1v) is 8.85. The van der Waals surface area contributed by atoms with Gasteiger partial charge in [-0.1, -0.05) is 29.3 Å². The Bertz CT molecular complexity index is 820. The third kappa shape index (κ3) is 4.77. The van der Waals surface area contributed by atoms with Gasteiger partial charge in [-0.2, -0.15) is 0 Å². The standard InChI is InChI=1S/C16H15ClFNO3S/c1-11-2-5-13(6-3-11)23(21,22)9-8-16(20)19-12-4-7-15(18)14(17)10-12/h2-7,10H,8-9H2,1H3,(H,19,20). The van der Waals surface area contributed by atoms with Gasteiger partial charge in [0.2, 0.25) is 5.91 Å². The Balaban J connectivity index is 1.98. The summed E-state index contributed by atoms with van der Waals surface area (Å²) in [4.78, 5) is 12.0. The van der Waals surface area contributed by atoms with Crippen LogP contribution in [0.1, 0.15) is 12.0 Å². The van der Waals surface area contributed by atoms with Gasteiger partial charge < -0.3 is 5.32 Å². The Morgan fingerprint density at radius 2 is 1.83 bits per heavy atom. The minimum absolute atomic E-state index is 0.116. The Morgan fingerprint density at radius 3 is 2.43 bits per heavy atom. The van der Waals surface area contributed by atoms with Crippen molar-refractivity contribution < 1.29 is 17.6 Å². The molecule has 23 heavy (non-hydrogen) atoms. The highest BCUT2D eigenvalue weighted by molar-refractivity contribution is 7.91. The summed E-state index contributed by atoms with van der Waals surface area (Å²) < 4.78 is 37.3. The molecule has 0 aliphatic heterocycles. The Hall–Kier alpha value is -1.92. The number of sulfone groups is 1. The SMILES string of the molecule is Cc1ccc(S(=O)(=O)CCC(=O)Nc2ccc(F)c(Cl)c2)cc1. The van der Waals surface area contributed by atoms with E-state index in [1.54, 1.807) is 12.1 Å². The minimum atomic E-state index is -3.53. The van der Waals surface area contributed by atoms with E-state index < -0.39 is 21.6 Å². The number of amides is 1. The molecule has 0 saturated heterocycles. The molecule has 0 aromatic heterocycles. The van der Waals surface area contributed by atoms with E-state index in [-0.39, 0.29) is 22.1 Å². The van der Waals surface area contributed by atoms with Crippen LogP contribution in [0.25, 0.3) is 0 Å². The van der Waals surface area contributed by atoms with Crippen molar-refractivity contribution in [2.75, 3.05) is 11.1 Å². The molecule has 0 aliphatic rings. The molecule has 7 heteroatoms. The average molecular weight is 356 g/mol. The largest absolute Gasteiger partial charge is 0.326 e. The lowest BCUT2D eigenvalue weighted by molar-refractivity contribution is -0.115. The maximum atomic E-state index is 13.0. The van der Waals surface area contributed by atoms with Gasteiger partial charge in [0, 0.05) is 12.1 Å². The highest BCUT2D eigenvalue weighted by atomic mass is 35.5. The van der Waals surface area contributed by atoms with E-state index in [0.717, 1.165) is 11.6 Å². The molecule has 0 fully saturated rings. The number of carbonyl (C=O) groups is 1. The van der Waals surface area contributed by atoms with Gasteiger partial charge in [0.1, 0.15) is 5.82 Å². The molecule has 0 unspecified atom stereocenters. The molecule has 2 aromatic rings. The summed E-state index contributed by atoms with van der Waals surface area (Å²) in [5, 5.41) is 2.37. The van der Waals surface area contributed by atoms with Gasteiger partial charge in [-0.05, 0) is 37.3 Å². The van der Waals surface area contributed by atoms with Gasteiger partial charge in [0.25, 0.3) is 0 Å². The topological polar surface area (TPSA) is 63.2 Å². The number of hydrogen-bond acceptors (Lipinski definition) is 3. The van der Waals surface area contributed by atoms with Crippen LogP contribution in [0.3, 0.4) is 0 Å². The Kier molecular flexibility index (Phi) is 5.38. The summed E-state index contributed by atoms with van der Waals surface area (Å²) >= 11 is 5.62. The van der Waals surface area contributed by atoms with Gasteiger partial charge in [-0.25, -0.2) is 12.8 Å². The molecule has 1 N–H and O–H groups in total. The van der Waals surface area contributed by atoms with E-state index in [1.165, 1.54) is 24.3 Å². The van der Waals surface area contributed by atoms with Gasteiger partial charge in [-0.3, -0.25) is 4.79 Å². The first-order valence-electron chi connectivity index (χ1n) is 6.82. The zero-order chi connectivity index (χ0) is 17.0. The molecule has 4 nitrogen and oxygen atoms in total. The normalized spacial score (nSPS) is 11.3. The number of anilines is 1. The molecule has 122 valence electrons. The zero-order valence-corrected chi connectivity index (χ0v) is 13.9. The molecule has 0 atom stereocenters. The fourth-order valence-electron chi connectivity index (χ4n) is 1.89. The van der Waals surface area contributed by atoms with Gasteiger partial charge in [0.15, 0.2) is 9.84 Å². The number of carbonyl (C=O) groups excluding carboxylic acids is 1. The first-order chi connectivity index (χ1) is 10.8. The van der Waals surface area contributed by atoms with Crippen molar-refractivity contribution in [1.29, 1.82) is 0 Å². The maximum absolute atomic E-state index is 13.0. The fourth-order valence-corrected chi connectivity index (χ4v) is 3.31. The maximum Gasteiger partial charge on any atom is 0.225 e. The van der Waals surface area contributed by atoms with Crippen LogP contribution >= 0.6 is 11.6 Å². The third-order valence-corrected chi connectivity index (χ3v) is 5.20. The van der Waals surface area contributed by atoms with Crippen LogP contribution in [0, 0.1) is 12.7 Å². The van der Waals surface area contributed by atoms with E-state index in [1.807, 2.05) is 6.92 Å². The zero-order valence-electron chi connectivity index (χ0n) is 12.3. The molecule has 1 amide bonds. The third-order valence-electron chi connectivity index (χ3n) is 3.18. The highest BCUT2D eigenvalue weighted by Crippen LogP contribution is 2.19. The van der Waals surface area contributed by atoms with Crippen molar-refractivity contribution in [3.05, 3.63) is 58.9 Å². The summed E-state index contributed by atoms with van der Waals surface area (Å²) in [7, 11) is -3.53. The number of aryl methyl sites for hydroxylation is 1. The van der Waals surface area contributed by atoms with E-state index in [0.29, 0.717) is 5.69 Å². The van der Waals surface area contributed by atoms with Crippen LogP contribution < -0.4 is 5.32 Å². The molecular formula is C16H15ClFNO3S. The van der Waals surface area contributed by atoms with Gasteiger partial charge in [-0.15, -0.1) is 0 Å². The molecule has 0 spiro atoms. The number of nitrogens with one attached hydrogen (secondary N) is 1. The van der Waals surface area contributed by atoms with Crippen molar-refractivity contribution in [2.24, 2.45) is 0 Å². The molecule has 0 radical (unpaired) electrons.